The van der Waals surface area contributed by atoms with Gasteiger partial charge in [-0.2, -0.15) is 0 Å². The molecule has 2 rings (SSSR count). The number of nitrogen functional groups attached to an aromatic ring is 1. The number of aliphatic imine (C=N–C) groups is 1. The molecule has 0 heterocycles. The predicted molar refractivity (Wildman–Crippen MR) is 78.9 cm³/mol. The summed E-state index contributed by atoms with van der Waals surface area (Å²) in [4.78, 5) is 14.5. The third-order valence-corrected chi connectivity index (χ3v) is 3.11. The number of hydrogen-bond donors (Lipinski definition) is 1. The molecule has 0 saturated heterocycles. The summed E-state index contributed by atoms with van der Waals surface area (Å²) in [5.74, 6) is 0. The molecule has 2 aromatic carbocycles. The molecular weight excluding hydrogens is 310 g/mol. The minimum absolute atomic E-state index is 0.0439. The van der Waals surface area contributed by atoms with E-state index in [4.69, 9.17) is 5.73 Å². The lowest BCUT2D eigenvalue weighted by Crippen LogP contribution is -1.89. The van der Waals surface area contributed by atoms with Gasteiger partial charge in [-0.15, -0.1) is 0 Å². The van der Waals surface area contributed by atoms with E-state index in [1.807, 2.05) is 0 Å². The van der Waals surface area contributed by atoms with Crippen LogP contribution < -0.4 is 5.73 Å². The summed E-state index contributed by atoms with van der Waals surface area (Å²) in [6.45, 7) is 0. The Bertz CT molecular complexity index is 656. The smallest absolute Gasteiger partial charge is 0.270 e. The van der Waals surface area contributed by atoms with Crippen molar-refractivity contribution < 1.29 is 4.92 Å². The topological polar surface area (TPSA) is 81.5 Å². The number of nitrogens with zero attached hydrogens (tertiary/aromatic N) is 2. The molecule has 0 saturated carbocycles. The van der Waals surface area contributed by atoms with Crippen molar-refractivity contribution >= 4 is 39.2 Å². The van der Waals surface area contributed by atoms with Crippen molar-refractivity contribution in [3.63, 3.8) is 0 Å². The molecular formula is C13H10BrN3O2. The Kier molecular flexibility index (Phi) is 3.91. The van der Waals surface area contributed by atoms with Gasteiger partial charge in [0.05, 0.1) is 10.6 Å². The fourth-order valence-corrected chi connectivity index (χ4v) is 1.83. The molecule has 0 unspecified atom stereocenters. The third kappa shape index (κ3) is 3.38. The zero-order chi connectivity index (χ0) is 13.8. The molecule has 19 heavy (non-hydrogen) atoms. The van der Waals surface area contributed by atoms with Gasteiger partial charge in [-0.05, 0) is 39.7 Å². The van der Waals surface area contributed by atoms with E-state index in [1.165, 1.54) is 12.1 Å². The lowest BCUT2D eigenvalue weighted by Gasteiger charge is -1.99. The highest BCUT2D eigenvalue weighted by atomic mass is 79.9. The van der Waals surface area contributed by atoms with Crippen LogP contribution in [0.2, 0.25) is 0 Å². The van der Waals surface area contributed by atoms with E-state index in [0.717, 1.165) is 4.47 Å². The molecule has 0 aliphatic rings. The van der Waals surface area contributed by atoms with E-state index in [1.54, 1.807) is 36.5 Å². The van der Waals surface area contributed by atoms with Crippen LogP contribution in [-0.2, 0) is 0 Å². The van der Waals surface area contributed by atoms with Crippen molar-refractivity contribution in [2.45, 2.75) is 0 Å². The highest BCUT2D eigenvalue weighted by Crippen LogP contribution is 2.25. The zero-order valence-corrected chi connectivity index (χ0v) is 11.4. The van der Waals surface area contributed by atoms with Gasteiger partial charge in [0.2, 0.25) is 0 Å². The highest BCUT2D eigenvalue weighted by molar-refractivity contribution is 9.10. The van der Waals surface area contributed by atoms with E-state index in [0.29, 0.717) is 16.9 Å². The second-order valence-corrected chi connectivity index (χ2v) is 4.67. The molecule has 0 atom stereocenters. The summed E-state index contributed by atoms with van der Waals surface area (Å²) in [6, 6.07) is 11.6. The fraction of sp³-hybridized carbons (Fsp3) is 0. The summed E-state index contributed by atoms with van der Waals surface area (Å²) >= 11 is 3.31. The molecule has 0 fully saturated rings. The van der Waals surface area contributed by atoms with Gasteiger partial charge in [0.15, 0.2) is 0 Å². The van der Waals surface area contributed by atoms with Crippen LogP contribution in [0.25, 0.3) is 0 Å². The first-order valence-electron chi connectivity index (χ1n) is 5.40. The van der Waals surface area contributed by atoms with Crippen LogP contribution >= 0.6 is 15.9 Å². The normalized spacial score (nSPS) is 10.8. The lowest BCUT2D eigenvalue weighted by atomic mass is 10.2. The Balaban J connectivity index is 2.24. The van der Waals surface area contributed by atoms with Gasteiger partial charge in [-0.25, -0.2) is 0 Å². The Morgan fingerprint density at radius 1 is 1.26 bits per heavy atom. The molecule has 96 valence electrons. The number of nitrogens with two attached hydrogens (primary N) is 1. The molecule has 0 bridgehead atoms. The van der Waals surface area contributed by atoms with Gasteiger partial charge in [0.25, 0.3) is 5.69 Å². The van der Waals surface area contributed by atoms with Gasteiger partial charge >= 0.3 is 0 Å². The first kappa shape index (κ1) is 13.2. The van der Waals surface area contributed by atoms with E-state index in [2.05, 4.69) is 20.9 Å². The number of non-ortho nitro benzene ring substituents is 1. The minimum Gasteiger partial charge on any atom is -0.398 e. The molecule has 0 amide bonds. The SMILES string of the molecule is Nc1ccc(N=Cc2cccc([N+](=O)[O-])c2)cc1Br. The quantitative estimate of drug-likeness (QED) is 0.405. The van der Waals surface area contributed by atoms with Crippen molar-refractivity contribution in [2.24, 2.45) is 4.99 Å². The van der Waals surface area contributed by atoms with E-state index in [9.17, 15) is 10.1 Å². The number of hydrogen-bond acceptors (Lipinski definition) is 4. The molecule has 0 aliphatic heterocycles. The summed E-state index contributed by atoms with van der Waals surface area (Å²) in [6.07, 6.45) is 1.57. The van der Waals surface area contributed by atoms with Crippen molar-refractivity contribution in [3.8, 4) is 0 Å². The molecule has 0 spiro atoms. The number of halogens is 1. The second-order valence-electron chi connectivity index (χ2n) is 3.82. The summed E-state index contributed by atoms with van der Waals surface area (Å²) < 4.78 is 0.765. The van der Waals surface area contributed by atoms with Crippen LogP contribution in [0.4, 0.5) is 17.1 Å². The van der Waals surface area contributed by atoms with Gasteiger partial charge < -0.3 is 5.73 Å². The van der Waals surface area contributed by atoms with Crippen molar-refractivity contribution in [1.29, 1.82) is 0 Å². The standard InChI is InChI=1S/C13H10BrN3O2/c14-12-7-10(4-5-13(12)15)16-8-9-2-1-3-11(6-9)17(18)19/h1-8H,15H2. The van der Waals surface area contributed by atoms with Gasteiger partial charge in [-0.3, -0.25) is 15.1 Å². The summed E-state index contributed by atoms with van der Waals surface area (Å²) in [7, 11) is 0. The number of nitro benzene ring substituents is 1. The highest BCUT2D eigenvalue weighted by Gasteiger charge is 2.04. The number of rotatable bonds is 3. The molecule has 2 aromatic rings. The van der Waals surface area contributed by atoms with Crippen LogP contribution in [0.3, 0.4) is 0 Å². The Hall–Kier alpha value is -2.21. The maximum Gasteiger partial charge on any atom is 0.270 e. The molecule has 5 nitrogen and oxygen atoms in total. The maximum atomic E-state index is 10.7. The molecule has 0 aromatic heterocycles. The van der Waals surface area contributed by atoms with Crippen molar-refractivity contribution in [3.05, 3.63) is 62.6 Å². The Labute approximate surface area is 118 Å². The summed E-state index contributed by atoms with van der Waals surface area (Å²) in [5, 5.41) is 10.7. The predicted octanol–water partition coefficient (Wildman–Crippen LogP) is 3.69. The van der Waals surface area contributed by atoms with Crippen molar-refractivity contribution in [2.75, 3.05) is 5.73 Å². The third-order valence-electron chi connectivity index (χ3n) is 2.43. The van der Waals surface area contributed by atoms with Gasteiger partial charge in [-0.1, -0.05) is 12.1 Å². The number of nitro groups is 1. The molecule has 6 heteroatoms. The van der Waals surface area contributed by atoms with Crippen LogP contribution in [0.1, 0.15) is 5.56 Å². The van der Waals surface area contributed by atoms with Crippen LogP contribution in [-0.4, -0.2) is 11.1 Å². The van der Waals surface area contributed by atoms with Gasteiger partial charge in [0, 0.05) is 28.5 Å². The largest absolute Gasteiger partial charge is 0.398 e. The molecule has 0 radical (unpaired) electrons. The molecule has 0 aliphatic carbocycles. The minimum atomic E-state index is -0.433. The van der Waals surface area contributed by atoms with Crippen LogP contribution in [0.15, 0.2) is 51.9 Å². The summed E-state index contributed by atoms with van der Waals surface area (Å²) in [5.41, 5.74) is 7.74. The number of benzene rings is 2. The van der Waals surface area contributed by atoms with Gasteiger partial charge in [0.1, 0.15) is 0 Å². The fourth-order valence-electron chi connectivity index (χ4n) is 1.46. The molecule has 2 N–H and O–H groups in total. The van der Waals surface area contributed by atoms with E-state index < -0.39 is 4.92 Å². The first-order chi connectivity index (χ1) is 9.06. The first-order valence-corrected chi connectivity index (χ1v) is 6.19. The average molecular weight is 320 g/mol. The second kappa shape index (κ2) is 5.62. The zero-order valence-electron chi connectivity index (χ0n) is 9.79. The van der Waals surface area contributed by atoms with Crippen molar-refractivity contribution in [1.82, 2.24) is 0 Å². The average Bonchev–Trinajstić information content (AvgIpc) is 2.40. The van der Waals surface area contributed by atoms with Crippen LogP contribution in [0, 0.1) is 10.1 Å². The monoisotopic (exact) mass is 319 g/mol. The maximum absolute atomic E-state index is 10.7. The number of anilines is 1. The van der Waals surface area contributed by atoms with Crippen LogP contribution in [0.5, 0.6) is 0 Å². The van der Waals surface area contributed by atoms with E-state index >= 15 is 0 Å². The Morgan fingerprint density at radius 2 is 2.05 bits per heavy atom. The van der Waals surface area contributed by atoms with E-state index in [-0.39, 0.29) is 5.69 Å². The lowest BCUT2D eigenvalue weighted by molar-refractivity contribution is -0.384. The Morgan fingerprint density at radius 3 is 2.74 bits per heavy atom.